The standard InChI is InChI=1S/C70H128O6/c1-4-7-10-13-16-19-22-25-27-29-31-33-35-37-39-41-43-45-48-51-54-57-60-63-69(72)75-66-67(65-74-68(71)62-59-56-53-50-47-24-21-18-15-12-9-6-3)76-70(73)64-61-58-55-52-49-46-44-42-40-38-36-34-32-30-28-26-23-20-17-14-11-8-5-2/h18,21-22,25,29,31,35,37,67H,4-17,19-20,23-24,26-28,30,32-34,36,38-66H2,1-3H3/b21-18-,25-22-,31-29-,37-35-. The second-order valence-electron chi connectivity index (χ2n) is 22.7. The Labute approximate surface area is 473 Å². The zero-order valence-corrected chi connectivity index (χ0v) is 51.0. The first-order chi connectivity index (χ1) is 37.5. The zero-order chi connectivity index (χ0) is 55.0. The van der Waals surface area contributed by atoms with Crippen LogP contribution in [0, 0.1) is 0 Å². The summed E-state index contributed by atoms with van der Waals surface area (Å²) in [6.45, 7) is 6.65. The summed E-state index contributed by atoms with van der Waals surface area (Å²) in [4.78, 5) is 38.3. The van der Waals surface area contributed by atoms with Crippen molar-refractivity contribution in [2.24, 2.45) is 0 Å². The van der Waals surface area contributed by atoms with Crippen LogP contribution in [0.25, 0.3) is 0 Å². The van der Waals surface area contributed by atoms with Crippen LogP contribution >= 0.6 is 0 Å². The van der Waals surface area contributed by atoms with Crippen molar-refractivity contribution in [1.82, 2.24) is 0 Å². The third-order valence-corrected chi connectivity index (χ3v) is 15.1. The van der Waals surface area contributed by atoms with E-state index in [0.717, 1.165) is 83.5 Å². The molecule has 0 saturated heterocycles. The molecule has 1 atom stereocenters. The molecule has 6 nitrogen and oxygen atoms in total. The summed E-state index contributed by atoms with van der Waals surface area (Å²) in [6.07, 6.45) is 81.3. The van der Waals surface area contributed by atoms with Gasteiger partial charge in [0.15, 0.2) is 6.10 Å². The third kappa shape index (κ3) is 62.2. The molecule has 0 amide bonds. The fraction of sp³-hybridized carbons (Fsp3) is 0.843. The molecular weight excluding hydrogens is 937 g/mol. The van der Waals surface area contributed by atoms with Gasteiger partial charge in [0.1, 0.15) is 13.2 Å². The number of allylic oxidation sites excluding steroid dienone is 8. The molecule has 0 N–H and O–H groups in total. The minimum Gasteiger partial charge on any atom is -0.462 e. The van der Waals surface area contributed by atoms with Crippen LogP contribution in [0.5, 0.6) is 0 Å². The molecule has 0 aliphatic carbocycles. The summed E-state index contributed by atoms with van der Waals surface area (Å²) < 4.78 is 16.9. The van der Waals surface area contributed by atoms with E-state index in [2.05, 4.69) is 69.4 Å². The van der Waals surface area contributed by atoms with Gasteiger partial charge in [0, 0.05) is 19.3 Å². The molecule has 0 bridgehead atoms. The first kappa shape index (κ1) is 73.4. The van der Waals surface area contributed by atoms with Gasteiger partial charge in [0.25, 0.3) is 0 Å². The Morgan fingerprint density at radius 1 is 0.263 bits per heavy atom. The molecule has 0 spiro atoms. The average molecular weight is 1070 g/mol. The maximum absolute atomic E-state index is 12.9. The van der Waals surface area contributed by atoms with Crippen molar-refractivity contribution in [3.05, 3.63) is 48.6 Å². The normalized spacial score (nSPS) is 12.3. The first-order valence-electron chi connectivity index (χ1n) is 33.6. The van der Waals surface area contributed by atoms with Crippen LogP contribution in [0.4, 0.5) is 0 Å². The third-order valence-electron chi connectivity index (χ3n) is 15.1. The number of carbonyl (C=O) groups excluding carboxylic acids is 3. The van der Waals surface area contributed by atoms with Crippen molar-refractivity contribution in [1.29, 1.82) is 0 Å². The predicted molar refractivity (Wildman–Crippen MR) is 330 cm³/mol. The van der Waals surface area contributed by atoms with Gasteiger partial charge in [-0.1, -0.05) is 307 Å². The highest BCUT2D eigenvalue weighted by molar-refractivity contribution is 5.71. The molecule has 0 radical (unpaired) electrons. The van der Waals surface area contributed by atoms with Crippen molar-refractivity contribution in [3.8, 4) is 0 Å². The van der Waals surface area contributed by atoms with E-state index in [9.17, 15) is 14.4 Å². The fourth-order valence-corrected chi connectivity index (χ4v) is 9.98. The number of unbranched alkanes of at least 4 members (excludes halogenated alkanes) is 43. The van der Waals surface area contributed by atoms with Gasteiger partial charge in [-0.3, -0.25) is 14.4 Å². The number of esters is 3. The maximum atomic E-state index is 12.9. The molecule has 444 valence electrons. The Hall–Kier alpha value is -2.63. The lowest BCUT2D eigenvalue weighted by Crippen LogP contribution is -2.30. The highest BCUT2D eigenvalue weighted by Gasteiger charge is 2.19. The Kier molecular flexibility index (Phi) is 62.6. The van der Waals surface area contributed by atoms with Gasteiger partial charge in [0.2, 0.25) is 0 Å². The highest BCUT2D eigenvalue weighted by Crippen LogP contribution is 2.18. The van der Waals surface area contributed by atoms with E-state index in [0.29, 0.717) is 19.3 Å². The summed E-state index contributed by atoms with van der Waals surface area (Å²) in [7, 11) is 0. The Balaban J connectivity index is 4.27. The van der Waals surface area contributed by atoms with Gasteiger partial charge in [-0.05, 0) is 83.5 Å². The minimum absolute atomic E-state index is 0.0762. The van der Waals surface area contributed by atoms with Crippen molar-refractivity contribution in [2.75, 3.05) is 13.2 Å². The number of rotatable bonds is 62. The predicted octanol–water partition coefficient (Wildman–Crippen LogP) is 22.9. The molecule has 0 fully saturated rings. The van der Waals surface area contributed by atoms with Crippen LogP contribution in [-0.4, -0.2) is 37.2 Å². The van der Waals surface area contributed by atoms with Crippen LogP contribution in [0.3, 0.4) is 0 Å². The second-order valence-corrected chi connectivity index (χ2v) is 22.7. The number of carbonyl (C=O) groups is 3. The molecule has 76 heavy (non-hydrogen) atoms. The van der Waals surface area contributed by atoms with Gasteiger partial charge in [0.05, 0.1) is 0 Å². The molecule has 0 aromatic carbocycles. The van der Waals surface area contributed by atoms with Gasteiger partial charge >= 0.3 is 17.9 Å². The molecule has 0 aromatic rings. The quantitative estimate of drug-likeness (QED) is 0.0261. The summed E-state index contributed by atoms with van der Waals surface area (Å²) >= 11 is 0. The van der Waals surface area contributed by atoms with E-state index in [1.807, 2.05) is 0 Å². The van der Waals surface area contributed by atoms with Crippen LogP contribution in [-0.2, 0) is 28.6 Å². The van der Waals surface area contributed by atoms with E-state index in [4.69, 9.17) is 14.2 Å². The molecular formula is C70H128O6. The summed E-state index contributed by atoms with van der Waals surface area (Å²) in [5.74, 6) is -0.869. The smallest absolute Gasteiger partial charge is 0.306 e. The Morgan fingerprint density at radius 3 is 0.776 bits per heavy atom. The Bertz CT molecular complexity index is 1310. The van der Waals surface area contributed by atoms with Crippen molar-refractivity contribution in [3.63, 3.8) is 0 Å². The van der Waals surface area contributed by atoms with Crippen LogP contribution in [0.2, 0.25) is 0 Å². The van der Waals surface area contributed by atoms with Crippen molar-refractivity contribution < 1.29 is 28.6 Å². The average Bonchev–Trinajstić information content (AvgIpc) is 3.42. The van der Waals surface area contributed by atoms with Gasteiger partial charge < -0.3 is 14.2 Å². The van der Waals surface area contributed by atoms with E-state index >= 15 is 0 Å². The second kappa shape index (κ2) is 64.9. The molecule has 0 rings (SSSR count). The lowest BCUT2D eigenvalue weighted by atomic mass is 10.0. The number of ether oxygens (including phenoxy) is 3. The minimum atomic E-state index is -0.778. The zero-order valence-electron chi connectivity index (χ0n) is 51.0. The van der Waals surface area contributed by atoms with Crippen molar-refractivity contribution >= 4 is 17.9 Å². The fourth-order valence-electron chi connectivity index (χ4n) is 9.98. The molecule has 0 aliphatic heterocycles. The van der Waals surface area contributed by atoms with Crippen molar-refractivity contribution in [2.45, 2.75) is 367 Å². The summed E-state index contributed by atoms with van der Waals surface area (Å²) in [6, 6.07) is 0. The Morgan fingerprint density at radius 2 is 0.474 bits per heavy atom. The lowest BCUT2D eigenvalue weighted by Gasteiger charge is -2.18. The monoisotopic (exact) mass is 1060 g/mol. The number of hydrogen-bond acceptors (Lipinski definition) is 6. The van der Waals surface area contributed by atoms with Gasteiger partial charge in [-0.15, -0.1) is 0 Å². The lowest BCUT2D eigenvalue weighted by molar-refractivity contribution is -0.167. The van der Waals surface area contributed by atoms with Crippen LogP contribution in [0.15, 0.2) is 48.6 Å². The summed E-state index contributed by atoms with van der Waals surface area (Å²) in [5, 5.41) is 0. The molecule has 6 heteroatoms. The van der Waals surface area contributed by atoms with Crippen LogP contribution in [0.1, 0.15) is 361 Å². The van der Waals surface area contributed by atoms with E-state index in [-0.39, 0.29) is 31.1 Å². The topological polar surface area (TPSA) is 78.9 Å². The number of hydrogen-bond donors (Lipinski definition) is 0. The molecule has 1 unspecified atom stereocenters. The van der Waals surface area contributed by atoms with E-state index in [1.165, 1.54) is 238 Å². The molecule has 0 heterocycles. The van der Waals surface area contributed by atoms with Crippen LogP contribution < -0.4 is 0 Å². The van der Waals surface area contributed by atoms with E-state index in [1.54, 1.807) is 0 Å². The molecule has 0 saturated carbocycles. The van der Waals surface area contributed by atoms with Gasteiger partial charge in [-0.2, -0.15) is 0 Å². The molecule has 0 aromatic heterocycles. The SMILES string of the molecule is CCCCC/C=C\CCCCCCCC(=O)OCC(COC(=O)CCCCCCCCCC/C=C\C/C=C\C/C=C\CCCCCCC)OC(=O)CCCCCCCCCCCCCCCCCCCCCCCCC. The highest BCUT2D eigenvalue weighted by atomic mass is 16.6. The van der Waals surface area contributed by atoms with E-state index < -0.39 is 6.10 Å². The summed E-state index contributed by atoms with van der Waals surface area (Å²) in [5.41, 5.74) is 0. The van der Waals surface area contributed by atoms with Gasteiger partial charge in [-0.25, -0.2) is 0 Å². The first-order valence-corrected chi connectivity index (χ1v) is 33.6. The molecule has 0 aliphatic rings. The largest absolute Gasteiger partial charge is 0.462 e. The maximum Gasteiger partial charge on any atom is 0.306 e.